The third kappa shape index (κ3) is 3.55. The molecule has 4 N–H and O–H groups in total. The molecule has 1 aromatic carbocycles. The van der Waals surface area contributed by atoms with E-state index in [1.807, 2.05) is 6.92 Å². The molecule has 108 valence electrons. The normalized spacial score (nSPS) is 11.7. The minimum absolute atomic E-state index is 0.181. The Balaban J connectivity index is 1.92. The van der Waals surface area contributed by atoms with Crippen LogP contribution in [0.3, 0.4) is 0 Å². The zero-order valence-electron chi connectivity index (χ0n) is 11.1. The number of nitrogens with one attached hydrogen (secondary N) is 2. The number of rotatable bonds is 6. The average Bonchev–Trinajstić information content (AvgIpc) is 2.91. The maximum atomic E-state index is 12.1. The average molecular weight is 295 g/mol. The van der Waals surface area contributed by atoms with Crippen molar-refractivity contribution in [2.45, 2.75) is 24.7 Å². The molecule has 0 unspecified atom stereocenters. The van der Waals surface area contributed by atoms with E-state index in [4.69, 9.17) is 5.73 Å². The SMILES string of the molecule is Cc1ccc(S(=O)(=O)NCCCc2ncn[nH]2)cc1N. The maximum absolute atomic E-state index is 12.1. The Morgan fingerprint density at radius 3 is 2.85 bits per heavy atom. The minimum atomic E-state index is -3.52. The zero-order chi connectivity index (χ0) is 14.6. The number of anilines is 1. The first-order valence-corrected chi connectivity index (χ1v) is 7.67. The predicted molar refractivity (Wildman–Crippen MR) is 75.5 cm³/mol. The number of nitrogens with zero attached hydrogens (tertiary/aromatic N) is 2. The molecule has 0 atom stereocenters. The Morgan fingerprint density at radius 2 is 2.20 bits per heavy atom. The molecule has 2 rings (SSSR count). The van der Waals surface area contributed by atoms with Crippen LogP contribution in [0.4, 0.5) is 5.69 Å². The first-order valence-electron chi connectivity index (χ1n) is 6.19. The van der Waals surface area contributed by atoms with Gasteiger partial charge in [0.1, 0.15) is 12.2 Å². The van der Waals surface area contributed by atoms with Crippen LogP contribution in [0.15, 0.2) is 29.4 Å². The van der Waals surface area contributed by atoms with Crippen molar-refractivity contribution in [3.8, 4) is 0 Å². The fraction of sp³-hybridized carbons (Fsp3) is 0.333. The summed E-state index contributed by atoms with van der Waals surface area (Å²) < 4.78 is 26.6. The number of aromatic amines is 1. The zero-order valence-corrected chi connectivity index (χ0v) is 11.9. The lowest BCUT2D eigenvalue weighted by atomic mass is 10.2. The third-order valence-electron chi connectivity index (χ3n) is 2.91. The molecule has 20 heavy (non-hydrogen) atoms. The van der Waals surface area contributed by atoms with Crippen molar-refractivity contribution in [2.75, 3.05) is 12.3 Å². The fourth-order valence-corrected chi connectivity index (χ4v) is 2.79. The van der Waals surface area contributed by atoms with Gasteiger partial charge in [-0.2, -0.15) is 5.10 Å². The van der Waals surface area contributed by atoms with Crippen LogP contribution in [0.25, 0.3) is 0 Å². The van der Waals surface area contributed by atoms with Crippen LogP contribution >= 0.6 is 0 Å². The van der Waals surface area contributed by atoms with E-state index < -0.39 is 10.0 Å². The van der Waals surface area contributed by atoms with Crippen LogP contribution in [-0.2, 0) is 16.4 Å². The van der Waals surface area contributed by atoms with E-state index in [0.717, 1.165) is 11.4 Å². The molecule has 7 nitrogen and oxygen atoms in total. The van der Waals surface area contributed by atoms with Gasteiger partial charge in [0.05, 0.1) is 4.90 Å². The number of sulfonamides is 1. The Bertz CT molecular complexity index is 667. The molecule has 1 aromatic heterocycles. The quantitative estimate of drug-likeness (QED) is 0.533. The topological polar surface area (TPSA) is 114 Å². The highest BCUT2D eigenvalue weighted by Crippen LogP contribution is 2.16. The lowest BCUT2D eigenvalue weighted by Crippen LogP contribution is -2.25. The van der Waals surface area contributed by atoms with E-state index in [1.54, 1.807) is 12.1 Å². The van der Waals surface area contributed by atoms with E-state index in [0.29, 0.717) is 25.1 Å². The number of hydrogen-bond donors (Lipinski definition) is 3. The van der Waals surface area contributed by atoms with Crippen molar-refractivity contribution in [3.63, 3.8) is 0 Å². The van der Waals surface area contributed by atoms with Gasteiger partial charge in [0.2, 0.25) is 10.0 Å². The first kappa shape index (κ1) is 14.5. The van der Waals surface area contributed by atoms with Gasteiger partial charge >= 0.3 is 0 Å². The van der Waals surface area contributed by atoms with Crippen LogP contribution in [0, 0.1) is 6.92 Å². The van der Waals surface area contributed by atoms with Gasteiger partial charge in [-0.3, -0.25) is 5.10 Å². The summed E-state index contributed by atoms with van der Waals surface area (Å²) in [7, 11) is -3.52. The largest absolute Gasteiger partial charge is 0.398 e. The van der Waals surface area contributed by atoms with Gasteiger partial charge in [0, 0.05) is 18.7 Å². The summed E-state index contributed by atoms with van der Waals surface area (Å²) in [5.74, 6) is 0.740. The number of aryl methyl sites for hydroxylation is 2. The second-order valence-electron chi connectivity index (χ2n) is 4.45. The van der Waals surface area contributed by atoms with Crippen LogP contribution in [0.1, 0.15) is 17.8 Å². The van der Waals surface area contributed by atoms with Crippen molar-refractivity contribution in [2.24, 2.45) is 0 Å². The number of H-pyrrole nitrogens is 1. The first-order chi connectivity index (χ1) is 9.49. The summed E-state index contributed by atoms with van der Waals surface area (Å²) in [5.41, 5.74) is 7.05. The van der Waals surface area contributed by atoms with Crippen molar-refractivity contribution >= 4 is 15.7 Å². The highest BCUT2D eigenvalue weighted by molar-refractivity contribution is 7.89. The van der Waals surface area contributed by atoms with Gasteiger partial charge in [-0.05, 0) is 31.0 Å². The van der Waals surface area contributed by atoms with Crippen molar-refractivity contribution in [1.82, 2.24) is 19.9 Å². The van der Waals surface area contributed by atoms with Crippen molar-refractivity contribution in [3.05, 3.63) is 35.9 Å². The van der Waals surface area contributed by atoms with Gasteiger partial charge in [-0.15, -0.1) is 0 Å². The van der Waals surface area contributed by atoms with E-state index in [-0.39, 0.29) is 4.90 Å². The predicted octanol–water partition coefficient (Wildman–Crippen LogP) is 0.606. The van der Waals surface area contributed by atoms with Crippen LogP contribution in [-0.4, -0.2) is 30.1 Å². The fourth-order valence-electron chi connectivity index (χ4n) is 1.68. The molecule has 0 spiro atoms. The Kier molecular flexibility index (Phi) is 4.35. The van der Waals surface area contributed by atoms with Crippen LogP contribution in [0.2, 0.25) is 0 Å². The lowest BCUT2D eigenvalue weighted by molar-refractivity contribution is 0.578. The molecule has 0 saturated carbocycles. The summed E-state index contributed by atoms with van der Waals surface area (Å²) in [6, 6.07) is 4.71. The molecular formula is C12H17N5O2S. The van der Waals surface area contributed by atoms with Crippen LogP contribution in [0.5, 0.6) is 0 Å². The summed E-state index contributed by atoms with van der Waals surface area (Å²) in [4.78, 5) is 4.15. The standard InChI is InChI=1S/C12H17N5O2S/c1-9-4-5-10(7-11(9)13)20(18,19)16-6-2-3-12-14-8-15-17-12/h4-5,7-8,16H,2-3,6,13H2,1H3,(H,14,15,17). The molecule has 0 aliphatic rings. The molecule has 0 radical (unpaired) electrons. The molecule has 0 aliphatic heterocycles. The molecule has 0 saturated heterocycles. The van der Waals surface area contributed by atoms with Gasteiger partial charge in [0.15, 0.2) is 0 Å². The number of nitrogen functional groups attached to an aromatic ring is 1. The van der Waals surface area contributed by atoms with Gasteiger partial charge in [-0.25, -0.2) is 18.1 Å². The van der Waals surface area contributed by atoms with Gasteiger partial charge < -0.3 is 5.73 Å². The van der Waals surface area contributed by atoms with Crippen molar-refractivity contribution in [1.29, 1.82) is 0 Å². The summed E-state index contributed by atoms with van der Waals surface area (Å²) in [6.07, 6.45) is 2.70. The second-order valence-corrected chi connectivity index (χ2v) is 6.22. The van der Waals surface area contributed by atoms with Gasteiger partial charge in [0.25, 0.3) is 0 Å². The van der Waals surface area contributed by atoms with Crippen molar-refractivity contribution < 1.29 is 8.42 Å². The minimum Gasteiger partial charge on any atom is -0.398 e. The smallest absolute Gasteiger partial charge is 0.240 e. The number of nitrogens with two attached hydrogens (primary N) is 1. The Hall–Kier alpha value is -1.93. The molecule has 0 aliphatic carbocycles. The summed E-state index contributed by atoms with van der Waals surface area (Å²) >= 11 is 0. The summed E-state index contributed by atoms with van der Waals surface area (Å²) in [6.45, 7) is 2.16. The molecule has 8 heteroatoms. The molecule has 1 heterocycles. The molecule has 0 fully saturated rings. The molecule has 0 bridgehead atoms. The molecule has 2 aromatic rings. The third-order valence-corrected chi connectivity index (χ3v) is 4.37. The lowest BCUT2D eigenvalue weighted by Gasteiger charge is -2.08. The van der Waals surface area contributed by atoms with E-state index in [2.05, 4.69) is 19.9 Å². The number of hydrogen-bond acceptors (Lipinski definition) is 5. The Labute approximate surface area is 117 Å². The molecule has 0 amide bonds. The monoisotopic (exact) mass is 295 g/mol. The highest BCUT2D eigenvalue weighted by Gasteiger charge is 2.14. The Morgan fingerprint density at radius 1 is 1.40 bits per heavy atom. The second kappa shape index (κ2) is 6.02. The maximum Gasteiger partial charge on any atom is 0.240 e. The number of benzene rings is 1. The van der Waals surface area contributed by atoms with E-state index >= 15 is 0 Å². The van der Waals surface area contributed by atoms with Gasteiger partial charge in [-0.1, -0.05) is 6.07 Å². The van der Waals surface area contributed by atoms with Crippen LogP contribution < -0.4 is 10.5 Å². The van der Waals surface area contributed by atoms with E-state index in [1.165, 1.54) is 12.4 Å². The number of aromatic nitrogens is 3. The highest BCUT2D eigenvalue weighted by atomic mass is 32.2. The molecular weight excluding hydrogens is 278 g/mol. The summed E-state index contributed by atoms with van der Waals surface area (Å²) in [5, 5.41) is 6.45. The van der Waals surface area contributed by atoms with E-state index in [9.17, 15) is 8.42 Å².